The molecule has 0 spiro atoms. The van der Waals surface area contributed by atoms with Crippen LogP contribution < -0.4 is 9.47 Å². The summed E-state index contributed by atoms with van der Waals surface area (Å²) in [7, 11) is 2.66. The molecule has 0 aliphatic heterocycles. The number of carbonyl (C=O) groups excluding carboxylic acids is 1. The summed E-state index contributed by atoms with van der Waals surface area (Å²) in [4.78, 5) is 23.8. The molecule has 0 N–H and O–H groups in total. The van der Waals surface area contributed by atoms with Crippen molar-refractivity contribution in [3.05, 3.63) is 62.1 Å². The maximum Gasteiger partial charge on any atom is 0.406 e. The van der Waals surface area contributed by atoms with E-state index in [0.29, 0.717) is 9.37 Å². The van der Waals surface area contributed by atoms with Gasteiger partial charge in [0, 0.05) is 17.2 Å². The number of ether oxygens (including phenoxy) is 2. The van der Waals surface area contributed by atoms with Crippen molar-refractivity contribution < 1.29 is 32.4 Å². The van der Waals surface area contributed by atoms with Crippen molar-refractivity contribution in [3.63, 3.8) is 0 Å². The summed E-state index contributed by atoms with van der Waals surface area (Å²) in [5.74, 6) is -0.611. The van der Waals surface area contributed by atoms with Crippen molar-refractivity contribution in [1.29, 1.82) is 0 Å². The predicted octanol–water partition coefficient (Wildman–Crippen LogP) is 4.58. The number of carbonyl (C=O) groups is 1. The number of hydrogen-bond donors (Lipinski definition) is 0. The van der Waals surface area contributed by atoms with Crippen LogP contribution in [-0.4, -0.2) is 42.7 Å². The number of hydrogen-bond acceptors (Lipinski definition) is 5. The minimum Gasteiger partial charge on any atom is -0.495 e. The van der Waals surface area contributed by atoms with Crippen molar-refractivity contribution in [2.24, 2.45) is 0 Å². The Bertz CT molecular complexity index is 896. The van der Waals surface area contributed by atoms with Crippen LogP contribution in [0.4, 0.5) is 18.9 Å². The number of alkyl halides is 3. The van der Waals surface area contributed by atoms with E-state index in [-0.39, 0.29) is 28.3 Å². The van der Waals surface area contributed by atoms with Gasteiger partial charge in [-0.25, -0.2) is 0 Å². The summed E-state index contributed by atoms with van der Waals surface area (Å²) in [5, 5.41) is 11.2. The molecule has 0 radical (unpaired) electrons. The minimum atomic E-state index is -4.71. The van der Waals surface area contributed by atoms with Crippen LogP contribution in [-0.2, 0) is 6.54 Å². The van der Waals surface area contributed by atoms with E-state index < -0.39 is 30.1 Å². The zero-order valence-corrected chi connectivity index (χ0v) is 16.9. The highest BCUT2D eigenvalue weighted by Crippen LogP contribution is 2.36. The summed E-state index contributed by atoms with van der Waals surface area (Å²) in [6.07, 6.45) is -4.71. The molecule has 0 heterocycles. The smallest absolute Gasteiger partial charge is 0.406 e. The number of benzene rings is 2. The third-order valence-corrected chi connectivity index (χ3v) is 4.68. The molecule has 29 heavy (non-hydrogen) atoms. The van der Waals surface area contributed by atoms with Crippen molar-refractivity contribution >= 4 is 27.5 Å². The van der Waals surface area contributed by atoms with E-state index in [9.17, 15) is 28.1 Å². The van der Waals surface area contributed by atoms with Gasteiger partial charge in [0.1, 0.15) is 22.5 Å². The fourth-order valence-corrected chi connectivity index (χ4v) is 3.17. The van der Waals surface area contributed by atoms with Crippen LogP contribution >= 0.6 is 15.9 Å². The van der Waals surface area contributed by atoms with E-state index in [4.69, 9.17) is 9.47 Å². The largest absolute Gasteiger partial charge is 0.495 e. The Kier molecular flexibility index (Phi) is 7.07. The lowest BCUT2D eigenvalue weighted by atomic mass is 10.1. The molecule has 0 aliphatic carbocycles. The Labute approximate surface area is 172 Å². The van der Waals surface area contributed by atoms with Crippen LogP contribution in [0.15, 0.2) is 40.9 Å². The highest BCUT2D eigenvalue weighted by atomic mass is 79.9. The number of halogens is 4. The summed E-state index contributed by atoms with van der Waals surface area (Å²) >= 11 is 3.22. The second-order valence-electron chi connectivity index (χ2n) is 5.86. The zero-order valence-electron chi connectivity index (χ0n) is 15.3. The van der Waals surface area contributed by atoms with Gasteiger partial charge in [-0.1, -0.05) is 18.2 Å². The van der Waals surface area contributed by atoms with E-state index in [1.165, 1.54) is 44.6 Å². The van der Waals surface area contributed by atoms with E-state index in [0.717, 1.165) is 6.07 Å². The number of nitro groups is 1. The Morgan fingerprint density at radius 2 is 1.72 bits per heavy atom. The van der Waals surface area contributed by atoms with Crippen LogP contribution in [0.25, 0.3) is 0 Å². The van der Waals surface area contributed by atoms with Gasteiger partial charge in [-0.2, -0.15) is 13.2 Å². The first-order chi connectivity index (χ1) is 13.6. The molecular weight excluding hydrogens is 461 g/mol. The van der Waals surface area contributed by atoms with Crippen LogP contribution in [0.2, 0.25) is 0 Å². The molecule has 7 nitrogen and oxygen atoms in total. The molecule has 2 rings (SSSR count). The van der Waals surface area contributed by atoms with E-state index in [2.05, 4.69) is 15.9 Å². The lowest BCUT2D eigenvalue weighted by Gasteiger charge is -2.24. The van der Waals surface area contributed by atoms with Crippen molar-refractivity contribution in [1.82, 2.24) is 4.90 Å². The molecule has 2 aromatic rings. The number of para-hydroxylation sites is 1. The summed E-state index contributed by atoms with van der Waals surface area (Å²) in [6, 6.07) is 7.83. The fraction of sp³-hybridized carbons (Fsp3) is 0.278. The quantitative estimate of drug-likeness (QED) is 0.431. The van der Waals surface area contributed by atoms with Gasteiger partial charge in [0.25, 0.3) is 11.6 Å². The molecule has 0 aliphatic rings. The van der Waals surface area contributed by atoms with Gasteiger partial charge in [-0.3, -0.25) is 14.9 Å². The van der Waals surface area contributed by atoms with Gasteiger partial charge in [-0.05, 0) is 28.1 Å². The highest BCUT2D eigenvalue weighted by Gasteiger charge is 2.34. The van der Waals surface area contributed by atoms with Crippen LogP contribution in [0.3, 0.4) is 0 Å². The van der Waals surface area contributed by atoms with Gasteiger partial charge in [-0.15, -0.1) is 0 Å². The van der Waals surface area contributed by atoms with E-state index >= 15 is 0 Å². The van der Waals surface area contributed by atoms with E-state index in [1.54, 1.807) is 0 Å². The van der Waals surface area contributed by atoms with Gasteiger partial charge in [0.15, 0.2) is 0 Å². The van der Waals surface area contributed by atoms with E-state index in [1.807, 2.05) is 0 Å². The Morgan fingerprint density at radius 3 is 2.21 bits per heavy atom. The topological polar surface area (TPSA) is 81.9 Å². The molecule has 2 aromatic carbocycles. The Hall–Kier alpha value is -2.82. The number of amides is 1. The Morgan fingerprint density at radius 1 is 1.17 bits per heavy atom. The van der Waals surface area contributed by atoms with Crippen molar-refractivity contribution in [3.8, 4) is 11.5 Å². The monoisotopic (exact) mass is 476 g/mol. The molecular formula is C18H16BrF3N2O5. The molecule has 1 amide bonds. The maximum atomic E-state index is 13.1. The summed E-state index contributed by atoms with van der Waals surface area (Å²) < 4.78 is 50.0. The molecule has 0 bridgehead atoms. The van der Waals surface area contributed by atoms with Gasteiger partial charge in [0.2, 0.25) is 0 Å². The average Bonchev–Trinajstić information content (AvgIpc) is 2.66. The number of nitrogens with zero attached hydrogens (tertiary/aromatic N) is 2. The maximum absolute atomic E-state index is 13.1. The second-order valence-corrected chi connectivity index (χ2v) is 6.65. The van der Waals surface area contributed by atoms with Gasteiger partial charge >= 0.3 is 6.18 Å². The predicted molar refractivity (Wildman–Crippen MR) is 101 cm³/mol. The van der Waals surface area contributed by atoms with Crippen molar-refractivity contribution in [2.45, 2.75) is 12.7 Å². The first-order valence-electron chi connectivity index (χ1n) is 8.07. The minimum absolute atomic E-state index is 0.0221. The molecule has 11 heteroatoms. The van der Waals surface area contributed by atoms with Crippen LogP contribution in [0.5, 0.6) is 11.5 Å². The standard InChI is InChI=1S/C18H16BrF3N2O5/c1-28-14-7-12(8-15(29-2)16(14)19)17(25)23(10-18(20,21)22)9-11-5-3-4-6-13(11)24(26)27/h3-8H,9-10H2,1-2H3. The Balaban J connectivity index is 2.48. The molecule has 0 unspecified atom stereocenters. The summed E-state index contributed by atoms with van der Waals surface area (Å²) in [6.45, 7) is -2.19. The normalized spacial score (nSPS) is 11.1. The molecule has 156 valence electrons. The SMILES string of the molecule is COc1cc(C(=O)N(Cc2ccccc2[N+](=O)[O-])CC(F)(F)F)cc(OC)c1Br. The molecule has 0 saturated heterocycles. The second kappa shape index (κ2) is 9.12. The molecule has 0 atom stereocenters. The lowest BCUT2D eigenvalue weighted by molar-refractivity contribution is -0.385. The number of methoxy groups -OCH3 is 2. The average molecular weight is 477 g/mol. The third-order valence-electron chi connectivity index (χ3n) is 3.90. The number of rotatable bonds is 7. The molecule has 0 saturated carbocycles. The zero-order chi connectivity index (χ0) is 21.8. The molecule has 0 aromatic heterocycles. The third kappa shape index (κ3) is 5.59. The first kappa shape index (κ1) is 22.5. The van der Waals surface area contributed by atoms with Crippen molar-refractivity contribution in [2.75, 3.05) is 20.8 Å². The number of nitro benzene ring substituents is 1. The van der Waals surface area contributed by atoms with Crippen LogP contribution in [0.1, 0.15) is 15.9 Å². The lowest BCUT2D eigenvalue weighted by Crippen LogP contribution is -2.38. The van der Waals surface area contributed by atoms with Gasteiger partial charge < -0.3 is 14.4 Å². The fourth-order valence-electron chi connectivity index (χ4n) is 2.62. The van der Waals surface area contributed by atoms with Crippen LogP contribution in [0, 0.1) is 10.1 Å². The highest BCUT2D eigenvalue weighted by molar-refractivity contribution is 9.10. The molecule has 0 fully saturated rings. The first-order valence-corrected chi connectivity index (χ1v) is 8.86. The van der Waals surface area contributed by atoms with Gasteiger partial charge in [0.05, 0.1) is 25.7 Å². The summed E-state index contributed by atoms with van der Waals surface area (Å²) in [5.41, 5.74) is -0.519.